The summed E-state index contributed by atoms with van der Waals surface area (Å²) in [6.07, 6.45) is 1.30. The number of hydrogen-bond acceptors (Lipinski definition) is 4. The van der Waals surface area contributed by atoms with Crippen molar-refractivity contribution in [1.82, 2.24) is 10.3 Å². The van der Waals surface area contributed by atoms with Crippen molar-refractivity contribution in [3.8, 4) is 0 Å². The summed E-state index contributed by atoms with van der Waals surface area (Å²) in [5.41, 5.74) is -0.504. The van der Waals surface area contributed by atoms with Gasteiger partial charge in [0.1, 0.15) is 6.04 Å². The number of nitrogens with zero attached hydrogens (tertiary/aromatic N) is 1. The number of amides is 1. The van der Waals surface area contributed by atoms with E-state index in [9.17, 15) is 18.4 Å². The summed E-state index contributed by atoms with van der Waals surface area (Å²) in [5.74, 6) is -4.13. The first-order valence-electron chi connectivity index (χ1n) is 6.05. The second-order valence-corrected chi connectivity index (χ2v) is 4.64. The Morgan fingerprint density at radius 2 is 2.05 bits per heavy atom. The van der Waals surface area contributed by atoms with Gasteiger partial charge in [-0.1, -0.05) is 13.8 Å². The molecular weight excluding hydrogens is 270 g/mol. The summed E-state index contributed by atoms with van der Waals surface area (Å²) in [5, 5.41) is 2.34. The molecular formula is C13H16F2N2O3. The molecule has 1 aromatic heterocycles. The number of halogens is 2. The predicted octanol–water partition coefficient (Wildman–Crippen LogP) is 1.68. The Morgan fingerprint density at radius 3 is 2.60 bits per heavy atom. The zero-order chi connectivity index (χ0) is 15.3. The third-order valence-corrected chi connectivity index (χ3v) is 2.59. The summed E-state index contributed by atoms with van der Waals surface area (Å²) >= 11 is 0. The normalized spacial score (nSPS) is 12.1. The zero-order valence-corrected chi connectivity index (χ0v) is 11.4. The Labute approximate surface area is 115 Å². The van der Waals surface area contributed by atoms with Crippen LogP contribution in [0.4, 0.5) is 8.78 Å². The smallest absolute Gasteiger partial charge is 0.328 e. The molecule has 0 spiro atoms. The maximum atomic E-state index is 13.4. The van der Waals surface area contributed by atoms with Crippen LogP contribution in [0.25, 0.3) is 0 Å². The lowest BCUT2D eigenvalue weighted by Gasteiger charge is -2.18. The van der Waals surface area contributed by atoms with Crippen molar-refractivity contribution in [2.24, 2.45) is 5.92 Å². The van der Waals surface area contributed by atoms with Gasteiger partial charge in [-0.25, -0.2) is 14.2 Å². The molecule has 1 aromatic rings. The fourth-order valence-corrected chi connectivity index (χ4v) is 1.66. The fraction of sp³-hybridized carbons (Fsp3) is 0.462. The SMILES string of the molecule is COC(=O)C(CC(C)C)NC(=O)c1ccnc(F)c1F. The molecule has 0 fully saturated rings. The fourth-order valence-electron chi connectivity index (χ4n) is 1.66. The Kier molecular flexibility index (Phi) is 5.54. The van der Waals surface area contributed by atoms with Crippen LogP contribution in [0.3, 0.4) is 0 Å². The van der Waals surface area contributed by atoms with Crippen molar-refractivity contribution in [3.05, 3.63) is 29.6 Å². The standard InChI is InChI=1S/C13H16F2N2O3/c1-7(2)6-9(13(19)20-3)17-12(18)8-4-5-16-11(15)10(8)14/h4-5,7,9H,6H2,1-3H3,(H,17,18). The largest absolute Gasteiger partial charge is 0.467 e. The molecule has 7 heteroatoms. The maximum absolute atomic E-state index is 13.4. The number of pyridine rings is 1. The summed E-state index contributed by atoms with van der Waals surface area (Å²) < 4.78 is 31.0. The number of hydrogen-bond donors (Lipinski definition) is 1. The van der Waals surface area contributed by atoms with Crippen LogP contribution in [0.15, 0.2) is 12.3 Å². The molecule has 0 radical (unpaired) electrons. The molecule has 0 aliphatic rings. The maximum Gasteiger partial charge on any atom is 0.328 e. The molecule has 0 saturated carbocycles. The molecule has 110 valence electrons. The second kappa shape index (κ2) is 6.93. The number of methoxy groups -OCH3 is 1. The van der Waals surface area contributed by atoms with Crippen molar-refractivity contribution in [2.75, 3.05) is 7.11 Å². The van der Waals surface area contributed by atoms with E-state index in [1.165, 1.54) is 7.11 Å². The van der Waals surface area contributed by atoms with E-state index in [0.717, 1.165) is 12.3 Å². The molecule has 5 nitrogen and oxygen atoms in total. The molecule has 1 amide bonds. The van der Waals surface area contributed by atoms with Crippen molar-refractivity contribution >= 4 is 11.9 Å². The van der Waals surface area contributed by atoms with Gasteiger partial charge in [-0.2, -0.15) is 4.39 Å². The van der Waals surface area contributed by atoms with Crippen molar-refractivity contribution in [2.45, 2.75) is 26.3 Å². The molecule has 0 aliphatic heterocycles. The first-order chi connectivity index (χ1) is 9.36. The van der Waals surface area contributed by atoms with Crippen LogP contribution in [-0.2, 0) is 9.53 Å². The van der Waals surface area contributed by atoms with Crippen LogP contribution < -0.4 is 5.32 Å². The van der Waals surface area contributed by atoms with Gasteiger partial charge in [0.25, 0.3) is 5.91 Å². The van der Waals surface area contributed by atoms with Crippen LogP contribution >= 0.6 is 0 Å². The van der Waals surface area contributed by atoms with Gasteiger partial charge in [0.05, 0.1) is 12.7 Å². The second-order valence-electron chi connectivity index (χ2n) is 4.64. The van der Waals surface area contributed by atoms with E-state index in [4.69, 9.17) is 0 Å². The van der Waals surface area contributed by atoms with Gasteiger partial charge in [0.15, 0.2) is 5.82 Å². The van der Waals surface area contributed by atoms with Crippen LogP contribution in [0, 0.1) is 17.7 Å². The molecule has 1 heterocycles. The first kappa shape index (κ1) is 16.0. The quantitative estimate of drug-likeness (QED) is 0.660. The van der Waals surface area contributed by atoms with Crippen molar-refractivity contribution in [3.63, 3.8) is 0 Å². The summed E-state index contributed by atoms with van der Waals surface area (Å²) in [6.45, 7) is 3.71. The van der Waals surface area contributed by atoms with Gasteiger partial charge < -0.3 is 10.1 Å². The Morgan fingerprint density at radius 1 is 1.40 bits per heavy atom. The van der Waals surface area contributed by atoms with Crippen LogP contribution in [0.1, 0.15) is 30.6 Å². The van der Waals surface area contributed by atoms with E-state index in [-0.39, 0.29) is 5.92 Å². The van der Waals surface area contributed by atoms with E-state index in [0.29, 0.717) is 6.42 Å². The minimum absolute atomic E-state index is 0.110. The van der Waals surface area contributed by atoms with Crippen molar-refractivity contribution < 1.29 is 23.1 Å². The summed E-state index contributed by atoms with van der Waals surface area (Å²) in [6, 6.07) is 0.125. The lowest BCUT2D eigenvalue weighted by Crippen LogP contribution is -2.42. The van der Waals surface area contributed by atoms with E-state index in [1.807, 2.05) is 13.8 Å². The Bertz CT molecular complexity index is 506. The third-order valence-electron chi connectivity index (χ3n) is 2.59. The number of aromatic nitrogens is 1. The third kappa shape index (κ3) is 3.97. The number of carbonyl (C=O) groups is 2. The van der Waals surface area contributed by atoms with Crippen molar-refractivity contribution in [1.29, 1.82) is 0 Å². The zero-order valence-electron chi connectivity index (χ0n) is 11.4. The van der Waals surface area contributed by atoms with Crippen LogP contribution in [-0.4, -0.2) is 30.0 Å². The number of esters is 1. The van der Waals surface area contributed by atoms with Crippen LogP contribution in [0.5, 0.6) is 0 Å². The monoisotopic (exact) mass is 286 g/mol. The summed E-state index contributed by atoms with van der Waals surface area (Å²) in [7, 11) is 1.19. The number of carbonyl (C=O) groups excluding carboxylic acids is 2. The van der Waals surface area contributed by atoms with Gasteiger partial charge >= 0.3 is 5.97 Å². The van der Waals surface area contributed by atoms with Crippen LogP contribution in [0.2, 0.25) is 0 Å². The van der Waals surface area contributed by atoms with E-state index in [1.54, 1.807) is 0 Å². The molecule has 1 N–H and O–H groups in total. The van der Waals surface area contributed by atoms with Gasteiger partial charge in [0, 0.05) is 6.20 Å². The molecule has 0 aromatic carbocycles. The summed E-state index contributed by atoms with van der Waals surface area (Å²) in [4.78, 5) is 26.5. The van der Waals surface area contributed by atoms with E-state index in [2.05, 4.69) is 15.0 Å². The average molecular weight is 286 g/mol. The molecule has 1 atom stereocenters. The Balaban J connectivity index is 2.90. The van der Waals surface area contributed by atoms with Gasteiger partial charge in [0.2, 0.25) is 5.95 Å². The molecule has 0 aliphatic carbocycles. The van der Waals surface area contributed by atoms with E-state index >= 15 is 0 Å². The number of nitrogens with one attached hydrogen (secondary N) is 1. The molecule has 20 heavy (non-hydrogen) atoms. The highest BCUT2D eigenvalue weighted by atomic mass is 19.2. The average Bonchev–Trinajstić information content (AvgIpc) is 2.39. The number of rotatable bonds is 5. The van der Waals surface area contributed by atoms with Gasteiger partial charge in [-0.05, 0) is 18.4 Å². The highest BCUT2D eigenvalue weighted by Gasteiger charge is 2.25. The highest BCUT2D eigenvalue weighted by Crippen LogP contribution is 2.11. The molecule has 1 unspecified atom stereocenters. The minimum atomic E-state index is -1.36. The molecule has 1 rings (SSSR count). The van der Waals surface area contributed by atoms with Gasteiger partial charge in [-0.15, -0.1) is 0 Å². The minimum Gasteiger partial charge on any atom is -0.467 e. The number of ether oxygens (including phenoxy) is 1. The van der Waals surface area contributed by atoms with Gasteiger partial charge in [-0.3, -0.25) is 4.79 Å². The predicted molar refractivity (Wildman–Crippen MR) is 66.9 cm³/mol. The first-order valence-corrected chi connectivity index (χ1v) is 6.05. The lowest BCUT2D eigenvalue weighted by molar-refractivity contribution is -0.143. The molecule has 0 saturated heterocycles. The lowest BCUT2D eigenvalue weighted by atomic mass is 10.0. The highest BCUT2D eigenvalue weighted by molar-refractivity contribution is 5.96. The molecule has 0 bridgehead atoms. The topological polar surface area (TPSA) is 68.3 Å². The Hall–Kier alpha value is -2.05. The van der Waals surface area contributed by atoms with E-state index < -0.39 is 35.2 Å².